The number of methoxy groups -OCH3 is 1. The number of carbonyl (C=O) groups is 1. The van der Waals surface area contributed by atoms with Crippen molar-refractivity contribution in [1.29, 1.82) is 0 Å². The topological polar surface area (TPSA) is 26.3 Å². The molecular formula is C15H19O2. The summed E-state index contributed by atoms with van der Waals surface area (Å²) in [6.07, 6.45) is 6.30. The summed E-state index contributed by atoms with van der Waals surface area (Å²) in [6, 6.07) is 11.3. The molecule has 0 N–H and O–H groups in total. The van der Waals surface area contributed by atoms with Crippen molar-refractivity contribution in [1.82, 2.24) is 0 Å². The minimum atomic E-state index is -0.107. The maximum atomic E-state index is 11.6. The van der Waals surface area contributed by atoms with Gasteiger partial charge in [-0.15, -0.1) is 0 Å². The number of hydrogen-bond acceptors (Lipinski definition) is 2. The molecule has 0 saturated heterocycles. The summed E-state index contributed by atoms with van der Waals surface area (Å²) < 4.78 is 4.85. The van der Waals surface area contributed by atoms with Crippen LogP contribution in [0.3, 0.4) is 0 Å². The number of rotatable bonds is 3. The number of esters is 1. The number of carbonyl (C=O) groups excluding carboxylic acids is 1. The van der Waals surface area contributed by atoms with Crippen LogP contribution in [0.5, 0.6) is 0 Å². The van der Waals surface area contributed by atoms with Gasteiger partial charge in [-0.3, -0.25) is 4.79 Å². The molecule has 0 amide bonds. The highest BCUT2D eigenvalue weighted by Crippen LogP contribution is 2.42. The van der Waals surface area contributed by atoms with E-state index in [1.54, 1.807) is 0 Å². The summed E-state index contributed by atoms with van der Waals surface area (Å²) in [4.78, 5) is 11.6. The number of benzene rings is 1. The zero-order valence-electron chi connectivity index (χ0n) is 10.4. The van der Waals surface area contributed by atoms with Crippen molar-refractivity contribution >= 4 is 5.97 Å². The summed E-state index contributed by atoms with van der Waals surface area (Å²) >= 11 is 0. The molecule has 1 aromatic rings. The largest absolute Gasteiger partial charge is 0.469 e. The van der Waals surface area contributed by atoms with E-state index in [4.69, 9.17) is 4.74 Å². The third kappa shape index (κ3) is 2.68. The SMILES string of the molecule is COC(=O)CC1(c2[c]cccc2)CCCCC1. The Bertz CT molecular complexity index is 364. The standard InChI is InChI=1S/C15H19O2/c1-17-14(16)12-15(10-6-3-7-11-15)13-8-4-2-5-9-13/h2,4-5,8H,3,6-7,10-12H2,1H3. The summed E-state index contributed by atoms with van der Waals surface area (Å²) in [5.74, 6) is -0.107. The van der Waals surface area contributed by atoms with Crippen LogP contribution in [0.2, 0.25) is 0 Å². The highest BCUT2D eigenvalue weighted by Gasteiger charge is 2.36. The lowest BCUT2D eigenvalue weighted by molar-refractivity contribution is -0.142. The molecule has 1 aliphatic carbocycles. The second-order valence-corrected chi connectivity index (χ2v) is 4.87. The fourth-order valence-electron chi connectivity index (χ4n) is 2.84. The van der Waals surface area contributed by atoms with Gasteiger partial charge in [-0.25, -0.2) is 0 Å². The van der Waals surface area contributed by atoms with Crippen molar-refractivity contribution in [3.05, 3.63) is 35.9 Å². The van der Waals surface area contributed by atoms with E-state index >= 15 is 0 Å². The minimum absolute atomic E-state index is 0.0351. The normalized spacial score (nSPS) is 18.6. The fourth-order valence-corrected chi connectivity index (χ4v) is 2.84. The molecule has 0 aromatic heterocycles. The fraction of sp³-hybridized carbons (Fsp3) is 0.533. The van der Waals surface area contributed by atoms with Gasteiger partial charge in [0.25, 0.3) is 0 Å². The van der Waals surface area contributed by atoms with Crippen LogP contribution in [0, 0.1) is 6.07 Å². The summed E-state index contributed by atoms with van der Waals surface area (Å²) in [5.41, 5.74) is 1.14. The molecule has 2 nitrogen and oxygen atoms in total. The molecule has 2 heteroatoms. The van der Waals surface area contributed by atoms with Crippen molar-refractivity contribution in [3.63, 3.8) is 0 Å². The van der Waals surface area contributed by atoms with Gasteiger partial charge in [0.05, 0.1) is 13.5 Å². The predicted molar refractivity (Wildman–Crippen MR) is 66.7 cm³/mol. The summed E-state index contributed by atoms with van der Waals surface area (Å²) in [6.45, 7) is 0. The van der Waals surface area contributed by atoms with Gasteiger partial charge < -0.3 is 4.74 Å². The molecule has 91 valence electrons. The highest BCUT2D eigenvalue weighted by molar-refractivity contribution is 5.71. The van der Waals surface area contributed by atoms with Crippen molar-refractivity contribution in [2.24, 2.45) is 0 Å². The molecule has 17 heavy (non-hydrogen) atoms. The van der Waals surface area contributed by atoms with E-state index in [1.165, 1.54) is 31.9 Å². The van der Waals surface area contributed by atoms with Gasteiger partial charge in [0.15, 0.2) is 0 Å². The van der Waals surface area contributed by atoms with Crippen LogP contribution in [0.1, 0.15) is 44.1 Å². The Morgan fingerprint density at radius 2 is 2.12 bits per heavy atom. The van der Waals surface area contributed by atoms with Crippen LogP contribution in [0.25, 0.3) is 0 Å². The monoisotopic (exact) mass is 231 g/mol. The maximum absolute atomic E-state index is 11.6. The first-order valence-corrected chi connectivity index (χ1v) is 6.31. The Morgan fingerprint density at radius 1 is 1.35 bits per heavy atom. The molecule has 1 saturated carbocycles. The van der Waals surface area contributed by atoms with E-state index in [-0.39, 0.29) is 11.4 Å². The van der Waals surface area contributed by atoms with Gasteiger partial charge in [0.1, 0.15) is 0 Å². The molecule has 0 aliphatic heterocycles. The van der Waals surface area contributed by atoms with Crippen LogP contribution in [-0.4, -0.2) is 13.1 Å². The third-order valence-electron chi connectivity index (χ3n) is 3.80. The Hall–Kier alpha value is -1.31. The van der Waals surface area contributed by atoms with E-state index in [0.717, 1.165) is 12.8 Å². The first-order valence-electron chi connectivity index (χ1n) is 6.31. The van der Waals surface area contributed by atoms with E-state index in [9.17, 15) is 4.79 Å². The first kappa shape index (κ1) is 12.2. The quantitative estimate of drug-likeness (QED) is 0.746. The smallest absolute Gasteiger partial charge is 0.306 e. The van der Waals surface area contributed by atoms with Crippen LogP contribution in [0.15, 0.2) is 24.3 Å². The van der Waals surface area contributed by atoms with Crippen LogP contribution in [0.4, 0.5) is 0 Å². The molecule has 0 unspecified atom stereocenters. The molecule has 1 aromatic carbocycles. The van der Waals surface area contributed by atoms with Crippen LogP contribution >= 0.6 is 0 Å². The molecular weight excluding hydrogens is 212 g/mol. The Balaban J connectivity index is 2.26. The summed E-state index contributed by atoms with van der Waals surface area (Å²) in [5, 5.41) is 0. The van der Waals surface area contributed by atoms with Crippen LogP contribution < -0.4 is 0 Å². The molecule has 0 bridgehead atoms. The predicted octanol–water partition coefficient (Wildman–Crippen LogP) is 3.25. The zero-order valence-corrected chi connectivity index (χ0v) is 10.4. The van der Waals surface area contributed by atoms with Gasteiger partial charge in [-0.2, -0.15) is 0 Å². The van der Waals surface area contributed by atoms with Gasteiger partial charge in [0.2, 0.25) is 0 Å². The Morgan fingerprint density at radius 3 is 2.71 bits per heavy atom. The lowest BCUT2D eigenvalue weighted by atomic mass is 9.67. The van der Waals surface area contributed by atoms with Crippen molar-refractivity contribution < 1.29 is 9.53 Å². The average Bonchev–Trinajstić information content (AvgIpc) is 2.40. The lowest BCUT2D eigenvalue weighted by Crippen LogP contribution is -2.32. The number of hydrogen-bond donors (Lipinski definition) is 0. The van der Waals surface area contributed by atoms with E-state index in [2.05, 4.69) is 12.1 Å². The second-order valence-electron chi connectivity index (χ2n) is 4.87. The molecule has 1 aliphatic rings. The van der Waals surface area contributed by atoms with Crippen molar-refractivity contribution in [3.8, 4) is 0 Å². The molecule has 1 radical (unpaired) electrons. The number of ether oxygens (including phenoxy) is 1. The van der Waals surface area contributed by atoms with Gasteiger partial charge in [-0.1, -0.05) is 43.5 Å². The highest BCUT2D eigenvalue weighted by atomic mass is 16.5. The van der Waals surface area contributed by atoms with Gasteiger partial charge in [-0.05, 0) is 24.5 Å². The van der Waals surface area contributed by atoms with E-state index < -0.39 is 0 Å². The molecule has 0 spiro atoms. The summed E-state index contributed by atoms with van der Waals surface area (Å²) in [7, 11) is 1.47. The Kier molecular flexibility index (Phi) is 3.82. The second kappa shape index (κ2) is 5.35. The van der Waals surface area contributed by atoms with Crippen LogP contribution in [-0.2, 0) is 14.9 Å². The van der Waals surface area contributed by atoms with E-state index in [1.807, 2.05) is 18.2 Å². The Labute approximate surface area is 103 Å². The third-order valence-corrected chi connectivity index (χ3v) is 3.80. The molecule has 1 fully saturated rings. The minimum Gasteiger partial charge on any atom is -0.469 e. The molecule has 0 heterocycles. The first-order chi connectivity index (χ1) is 8.27. The molecule has 0 atom stereocenters. The van der Waals surface area contributed by atoms with Gasteiger partial charge in [0, 0.05) is 5.41 Å². The lowest BCUT2D eigenvalue weighted by Gasteiger charge is -2.36. The van der Waals surface area contributed by atoms with Crippen molar-refractivity contribution in [2.75, 3.05) is 7.11 Å². The maximum Gasteiger partial charge on any atom is 0.306 e. The van der Waals surface area contributed by atoms with E-state index in [0.29, 0.717) is 6.42 Å². The molecule has 2 rings (SSSR count). The average molecular weight is 231 g/mol. The van der Waals surface area contributed by atoms with Gasteiger partial charge >= 0.3 is 5.97 Å². The zero-order chi connectivity index (χ0) is 12.1. The van der Waals surface area contributed by atoms with Crippen molar-refractivity contribution in [2.45, 2.75) is 43.9 Å².